The van der Waals surface area contributed by atoms with Crippen molar-refractivity contribution in [2.45, 2.75) is 80.2 Å². The minimum Gasteiger partial charge on any atom is -0.473 e. The summed E-state index contributed by atoms with van der Waals surface area (Å²) in [5.74, 6) is -4.75. The summed E-state index contributed by atoms with van der Waals surface area (Å²) in [6.45, 7) is 15.2. The first-order valence-corrected chi connectivity index (χ1v) is 13.5. The first-order valence-electron chi connectivity index (χ1n) is 13.5. The molecule has 1 amide bonds. The highest BCUT2D eigenvalue weighted by atomic mass is 19.3. The molecule has 216 valence electrons. The molecule has 0 aliphatic carbocycles. The van der Waals surface area contributed by atoms with E-state index in [0.29, 0.717) is 17.8 Å². The van der Waals surface area contributed by atoms with Gasteiger partial charge in [-0.25, -0.2) is 18.2 Å². The third kappa shape index (κ3) is 9.41. The van der Waals surface area contributed by atoms with E-state index in [-0.39, 0.29) is 18.4 Å². The number of hydrogen-bond donors (Lipinski definition) is 0. The van der Waals surface area contributed by atoms with Gasteiger partial charge in [-0.3, -0.25) is 9.80 Å². The molecule has 2 aromatic rings. The number of alkyl halides is 2. The molecule has 1 atom stereocenters. The molecule has 0 fully saturated rings. The van der Waals surface area contributed by atoms with Gasteiger partial charge in [0.15, 0.2) is 5.82 Å². The molecule has 6 nitrogen and oxygen atoms in total. The SMILES string of the molecule is CC.CC/C(C)=C/C=N\N(C)c1ccc(C)cc1C(=O)N(CC)[C@@H](C)COc1ncc(C(F)(F)CC)cc1F. The lowest BCUT2D eigenvalue weighted by molar-refractivity contribution is -0.00909. The summed E-state index contributed by atoms with van der Waals surface area (Å²) in [4.78, 5) is 18.9. The molecule has 0 saturated carbocycles. The van der Waals surface area contributed by atoms with E-state index in [9.17, 15) is 18.0 Å². The van der Waals surface area contributed by atoms with E-state index in [4.69, 9.17) is 4.74 Å². The lowest BCUT2D eigenvalue weighted by Crippen LogP contribution is -2.42. The Morgan fingerprint density at radius 1 is 1.21 bits per heavy atom. The van der Waals surface area contributed by atoms with Crippen LogP contribution in [0.2, 0.25) is 0 Å². The second kappa shape index (κ2) is 15.9. The number of halogens is 3. The van der Waals surface area contributed by atoms with Crippen LogP contribution < -0.4 is 9.75 Å². The Morgan fingerprint density at radius 3 is 2.44 bits per heavy atom. The molecule has 2 rings (SSSR count). The van der Waals surface area contributed by atoms with Crippen molar-refractivity contribution >= 4 is 17.8 Å². The van der Waals surface area contributed by atoms with Crippen molar-refractivity contribution in [2.24, 2.45) is 5.10 Å². The van der Waals surface area contributed by atoms with Gasteiger partial charge in [-0.1, -0.05) is 44.9 Å². The largest absolute Gasteiger partial charge is 0.473 e. The molecule has 0 aliphatic heterocycles. The zero-order valence-electron chi connectivity index (χ0n) is 24.7. The Morgan fingerprint density at radius 2 is 1.87 bits per heavy atom. The fourth-order valence-corrected chi connectivity index (χ4v) is 3.58. The van der Waals surface area contributed by atoms with E-state index < -0.39 is 29.8 Å². The van der Waals surface area contributed by atoms with Crippen LogP contribution in [0.5, 0.6) is 5.88 Å². The number of carbonyl (C=O) groups is 1. The summed E-state index contributed by atoms with van der Waals surface area (Å²) in [7, 11) is 1.77. The van der Waals surface area contributed by atoms with E-state index in [0.717, 1.165) is 24.2 Å². The van der Waals surface area contributed by atoms with Crippen molar-refractivity contribution in [3.63, 3.8) is 0 Å². The van der Waals surface area contributed by atoms with Gasteiger partial charge in [0.2, 0.25) is 5.88 Å². The maximum Gasteiger partial charge on any atom is 0.274 e. The fourth-order valence-electron chi connectivity index (χ4n) is 3.58. The number of carbonyl (C=O) groups excluding carboxylic acids is 1. The van der Waals surface area contributed by atoms with Gasteiger partial charge >= 0.3 is 0 Å². The van der Waals surface area contributed by atoms with Gasteiger partial charge in [0.05, 0.1) is 17.3 Å². The number of pyridine rings is 1. The predicted molar refractivity (Wildman–Crippen MR) is 154 cm³/mol. The molecule has 0 aliphatic rings. The van der Waals surface area contributed by atoms with Crippen molar-refractivity contribution in [1.82, 2.24) is 9.88 Å². The van der Waals surface area contributed by atoms with Crippen LogP contribution in [0.15, 0.2) is 47.2 Å². The number of anilines is 1. The number of rotatable bonds is 12. The van der Waals surface area contributed by atoms with Crippen molar-refractivity contribution in [3.05, 3.63) is 64.6 Å². The summed E-state index contributed by atoms with van der Waals surface area (Å²) in [6, 6.07) is 5.85. The normalized spacial score (nSPS) is 12.6. The molecule has 0 N–H and O–H groups in total. The van der Waals surface area contributed by atoms with E-state index >= 15 is 0 Å². The number of nitrogens with zero attached hydrogens (tertiary/aromatic N) is 4. The van der Waals surface area contributed by atoms with Gasteiger partial charge in [0.1, 0.15) is 6.61 Å². The van der Waals surface area contributed by atoms with E-state index in [1.165, 1.54) is 12.5 Å². The number of allylic oxidation sites excluding steroid dienone is 2. The molecular weight excluding hydrogens is 505 g/mol. The number of likely N-dealkylation sites (N-methyl/N-ethyl adjacent to an activating group) is 1. The van der Waals surface area contributed by atoms with Crippen molar-refractivity contribution in [3.8, 4) is 5.88 Å². The topological polar surface area (TPSA) is 58.0 Å². The molecule has 0 radical (unpaired) electrons. The molecule has 0 saturated heterocycles. The predicted octanol–water partition coefficient (Wildman–Crippen LogP) is 7.77. The van der Waals surface area contributed by atoms with Crippen LogP contribution in [0, 0.1) is 12.7 Å². The zero-order valence-corrected chi connectivity index (χ0v) is 24.7. The van der Waals surface area contributed by atoms with E-state index in [1.807, 2.05) is 52.8 Å². The molecule has 1 aromatic heterocycles. The smallest absolute Gasteiger partial charge is 0.274 e. The van der Waals surface area contributed by atoms with Gasteiger partial charge in [0, 0.05) is 38.0 Å². The highest BCUT2D eigenvalue weighted by Crippen LogP contribution is 2.32. The standard InChI is InChI=1S/C28H37F3N4O2.C2H6/c1-8-19(4)13-14-33-34(7)25-12-11-20(5)15-23(25)27(36)35(10-3)21(6)18-37-26-24(29)16-22(17-32-26)28(30,31)9-2;1-2/h11-17,21H,8-10,18H2,1-7H3;1-2H3/b19-13+,33-14-;/t21-;/m0./s1. The van der Waals surface area contributed by atoms with E-state index in [2.05, 4.69) is 17.0 Å². The third-order valence-electron chi connectivity index (χ3n) is 6.16. The molecule has 39 heavy (non-hydrogen) atoms. The van der Waals surface area contributed by atoms with Gasteiger partial charge < -0.3 is 9.64 Å². The number of aryl methyl sites for hydroxylation is 1. The monoisotopic (exact) mass is 548 g/mol. The highest BCUT2D eigenvalue weighted by molar-refractivity contribution is 6.00. The summed E-state index contributed by atoms with van der Waals surface area (Å²) < 4.78 is 47.6. The Balaban J connectivity index is 0.00000371. The second-order valence-corrected chi connectivity index (χ2v) is 9.00. The van der Waals surface area contributed by atoms with Gasteiger partial charge in [-0.15, -0.1) is 0 Å². The second-order valence-electron chi connectivity index (χ2n) is 9.00. The molecule has 0 unspecified atom stereocenters. The van der Waals surface area contributed by atoms with Crippen LogP contribution in [0.4, 0.5) is 18.9 Å². The van der Waals surface area contributed by atoms with Gasteiger partial charge in [-0.05, 0) is 58.4 Å². The van der Waals surface area contributed by atoms with Crippen molar-refractivity contribution < 1.29 is 22.7 Å². The number of benzene rings is 1. The molecular formula is C30H43F3N4O2. The molecule has 0 bridgehead atoms. The van der Waals surface area contributed by atoms with Crippen molar-refractivity contribution in [1.29, 1.82) is 0 Å². The quantitative estimate of drug-likeness (QED) is 0.201. The number of aromatic nitrogens is 1. The summed E-state index contributed by atoms with van der Waals surface area (Å²) in [6.07, 6.45) is 5.00. The summed E-state index contributed by atoms with van der Waals surface area (Å²) >= 11 is 0. The van der Waals surface area contributed by atoms with Crippen LogP contribution >= 0.6 is 0 Å². The average Bonchev–Trinajstić information content (AvgIpc) is 2.93. The average molecular weight is 549 g/mol. The first kappa shape index (κ1) is 33.7. The Labute approximate surface area is 231 Å². The van der Waals surface area contributed by atoms with Crippen LogP contribution in [-0.2, 0) is 5.92 Å². The van der Waals surface area contributed by atoms with E-state index in [1.54, 1.807) is 36.2 Å². The lowest BCUT2D eigenvalue weighted by atomic mass is 10.1. The van der Waals surface area contributed by atoms with Crippen LogP contribution in [0.1, 0.15) is 82.8 Å². The number of ether oxygens (including phenoxy) is 1. The third-order valence-corrected chi connectivity index (χ3v) is 6.16. The van der Waals surface area contributed by atoms with Crippen LogP contribution in [-0.4, -0.2) is 48.2 Å². The fraction of sp³-hybridized carbons (Fsp3) is 0.500. The molecule has 1 aromatic carbocycles. The minimum atomic E-state index is -3.17. The summed E-state index contributed by atoms with van der Waals surface area (Å²) in [5.41, 5.74) is 2.71. The Bertz CT molecular complexity index is 1140. The number of amides is 1. The molecule has 0 spiro atoms. The Hall–Kier alpha value is -3.36. The lowest BCUT2D eigenvalue weighted by Gasteiger charge is -2.29. The minimum absolute atomic E-state index is 0.0662. The number of hydrogen-bond acceptors (Lipinski definition) is 5. The molecule has 9 heteroatoms. The van der Waals surface area contributed by atoms with Gasteiger partial charge in [0.25, 0.3) is 11.8 Å². The first-order chi connectivity index (χ1) is 18.4. The van der Waals surface area contributed by atoms with Gasteiger partial charge in [-0.2, -0.15) is 5.10 Å². The molecule has 1 heterocycles. The summed E-state index contributed by atoms with van der Waals surface area (Å²) in [5, 5.41) is 6.08. The van der Waals surface area contributed by atoms with Crippen molar-refractivity contribution in [2.75, 3.05) is 25.2 Å². The maximum absolute atomic E-state index is 14.4. The number of hydrazone groups is 1. The highest BCUT2D eigenvalue weighted by Gasteiger charge is 2.31. The van der Waals surface area contributed by atoms with Crippen LogP contribution in [0.3, 0.4) is 0 Å². The Kier molecular flexibility index (Phi) is 13.7. The zero-order chi connectivity index (χ0) is 29.8. The maximum atomic E-state index is 14.4. The van der Waals surface area contributed by atoms with Crippen LogP contribution in [0.25, 0.3) is 0 Å².